The van der Waals surface area contributed by atoms with E-state index in [1.807, 2.05) is 4.90 Å². The molecule has 0 unspecified atom stereocenters. The number of carbonyl (C=O) groups is 1. The van der Waals surface area contributed by atoms with Crippen molar-refractivity contribution in [1.82, 2.24) is 4.90 Å². The quantitative estimate of drug-likeness (QED) is 0.718. The Kier molecular flexibility index (Phi) is 3.91. The minimum Gasteiger partial charge on any atom is -0.334 e. The summed E-state index contributed by atoms with van der Waals surface area (Å²) in [6.07, 6.45) is 6.43. The molecule has 0 saturated heterocycles. The van der Waals surface area contributed by atoms with E-state index >= 15 is 0 Å². The summed E-state index contributed by atoms with van der Waals surface area (Å²) in [6, 6.07) is 0.373. The predicted molar refractivity (Wildman–Crippen MR) is 62.4 cm³/mol. The molecule has 86 valence electrons. The van der Waals surface area contributed by atoms with Gasteiger partial charge in [-0.3, -0.25) is 4.79 Å². The van der Waals surface area contributed by atoms with Gasteiger partial charge in [-0.25, -0.2) is 0 Å². The molecule has 1 rings (SSSR count). The molecule has 15 heavy (non-hydrogen) atoms. The Morgan fingerprint density at radius 3 is 2.47 bits per heavy atom. The molecule has 1 amide bonds. The second-order valence-corrected chi connectivity index (χ2v) is 4.91. The lowest BCUT2D eigenvalue weighted by Crippen LogP contribution is -2.53. The number of hydrogen-bond donors (Lipinski definition) is 1. The Morgan fingerprint density at radius 1 is 1.53 bits per heavy atom. The summed E-state index contributed by atoms with van der Waals surface area (Å²) in [5.74, 6) is 0.0364. The normalized spacial score (nSPS) is 17.8. The van der Waals surface area contributed by atoms with Crippen LogP contribution in [0, 0.1) is 0 Å². The van der Waals surface area contributed by atoms with E-state index in [1.54, 1.807) is 19.9 Å². The van der Waals surface area contributed by atoms with Crippen LogP contribution in [0.3, 0.4) is 0 Å². The number of hydrogen-bond acceptors (Lipinski definition) is 2. The Morgan fingerprint density at radius 2 is 2.07 bits per heavy atom. The van der Waals surface area contributed by atoms with Crippen molar-refractivity contribution in [2.24, 2.45) is 5.73 Å². The van der Waals surface area contributed by atoms with Crippen LogP contribution in [-0.4, -0.2) is 28.9 Å². The molecule has 0 atom stereocenters. The molecule has 3 nitrogen and oxygen atoms in total. The molecule has 0 spiro atoms. The maximum absolute atomic E-state index is 12.1. The van der Waals surface area contributed by atoms with Crippen molar-refractivity contribution in [3.8, 4) is 0 Å². The van der Waals surface area contributed by atoms with Gasteiger partial charge in [0.1, 0.15) is 0 Å². The monoisotopic (exact) mass is 210 g/mol. The summed E-state index contributed by atoms with van der Waals surface area (Å²) in [7, 11) is 0. The zero-order chi connectivity index (χ0) is 11.5. The Hall–Kier alpha value is -0.830. The van der Waals surface area contributed by atoms with Crippen LogP contribution in [0.25, 0.3) is 0 Å². The van der Waals surface area contributed by atoms with Gasteiger partial charge in [-0.05, 0) is 26.7 Å². The van der Waals surface area contributed by atoms with E-state index in [0.717, 1.165) is 12.8 Å². The van der Waals surface area contributed by atoms with Gasteiger partial charge in [0.2, 0.25) is 5.91 Å². The molecule has 0 aromatic heterocycles. The highest BCUT2D eigenvalue weighted by molar-refractivity contribution is 5.85. The Bertz CT molecular complexity index is 236. The average Bonchev–Trinajstić information content (AvgIpc) is 2.64. The van der Waals surface area contributed by atoms with E-state index < -0.39 is 5.54 Å². The molecule has 1 aliphatic rings. The molecule has 1 fully saturated rings. The van der Waals surface area contributed by atoms with Gasteiger partial charge >= 0.3 is 0 Å². The van der Waals surface area contributed by atoms with Gasteiger partial charge in [-0.2, -0.15) is 0 Å². The van der Waals surface area contributed by atoms with Crippen LogP contribution >= 0.6 is 0 Å². The van der Waals surface area contributed by atoms with Crippen LogP contribution in [0.4, 0.5) is 0 Å². The predicted octanol–water partition coefficient (Wildman–Crippen LogP) is 1.68. The lowest BCUT2D eigenvalue weighted by atomic mass is 10.0. The van der Waals surface area contributed by atoms with Gasteiger partial charge in [0.05, 0.1) is 5.54 Å². The highest BCUT2D eigenvalue weighted by Crippen LogP contribution is 2.24. The summed E-state index contributed by atoms with van der Waals surface area (Å²) < 4.78 is 0. The van der Waals surface area contributed by atoms with Crippen molar-refractivity contribution in [1.29, 1.82) is 0 Å². The van der Waals surface area contributed by atoms with E-state index in [2.05, 4.69) is 6.58 Å². The summed E-state index contributed by atoms with van der Waals surface area (Å²) in [5.41, 5.74) is 5.08. The van der Waals surface area contributed by atoms with Crippen LogP contribution in [0.1, 0.15) is 39.5 Å². The number of amides is 1. The van der Waals surface area contributed by atoms with Gasteiger partial charge in [0, 0.05) is 12.6 Å². The molecule has 3 heteroatoms. The molecule has 0 aromatic rings. The molecule has 1 saturated carbocycles. The van der Waals surface area contributed by atoms with Gasteiger partial charge < -0.3 is 10.6 Å². The van der Waals surface area contributed by atoms with E-state index in [0.29, 0.717) is 12.6 Å². The van der Waals surface area contributed by atoms with E-state index in [1.165, 1.54) is 12.8 Å². The summed E-state index contributed by atoms with van der Waals surface area (Å²) in [5, 5.41) is 0. The molecule has 0 radical (unpaired) electrons. The SMILES string of the molecule is C=CCN(C(=O)C(C)(C)N)C1CCCC1. The van der Waals surface area contributed by atoms with Crippen LogP contribution < -0.4 is 5.73 Å². The lowest BCUT2D eigenvalue weighted by molar-refractivity contribution is -0.137. The molecular formula is C12H22N2O. The van der Waals surface area contributed by atoms with Crippen molar-refractivity contribution >= 4 is 5.91 Å². The number of nitrogens with zero attached hydrogens (tertiary/aromatic N) is 1. The zero-order valence-corrected chi connectivity index (χ0v) is 9.83. The third-order valence-corrected chi connectivity index (χ3v) is 2.90. The third-order valence-electron chi connectivity index (χ3n) is 2.90. The highest BCUT2D eigenvalue weighted by atomic mass is 16.2. The first kappa shape index (κ1) is 12.2. The first-order valence-corrected chi connectivity index (χ1v) is 5.67. The topological polar surface area (TPSA) is 46.3 Å². The fourth-order valence-corrected chi connectivity index (χ4v) is 2.12. The highest BCUT2D eigenvalue weighted by Gasteiger charge is 2.32. The van der Waals surface area contributed by atoms with E-state index in [4.69, 9.17) is 5.73 Å². The van der Waals surface area contributed by atoms with Crippen molar-refractivity contribution in [2.45, 2.75) is 51.1 Å². The smallest absolute Gasteiger partial charge is 0.242 e. The lowest BCUT2D eigenvalue weighted by Gasteiger charge is -2.33. The van der Waals surface area contributed by atoms with Gasteiger partial charge in [0.15, 0.2) is 0 Å². The molecule has 2 N–H and O–H groups in total. The largest absolute Gasteiger partial charge is 0.334 e. The minimum atomic E-state index is -0.772. The Labute approximate surface area is 92.3 Å². The van der Waals surface area contributed by atoms with Gasteiger partial charge in [-0.1, -0.05) is 18.9 Å². The van der Waals surface area contributed by atoms with Crippen molar-refractivity contribution in [2.75, 3.05) is 6.54 Å². The molecular weight excluding hydrogens is 188 g/mol. The molecule has 1 aliphatic carbocycles. The minimum absolute atomic E-state index is 0.0364. The van der Waals surface area contributed by atoms with Crippen LogP contribution in [0.2, 0.25) is 0 Å². The van der Waals surface area contributed by atoms with Crippen LogP contribution in [0.5, 0.6) is 0 Å². The fourth-order valence-electron chi connectivity index (χ4n) is 2.12. The summed E-state index contributed by atoms with van der Waals surface area (Å²) in [4.78, 5) is 14.0. The number of nitrogens with two attached hydrogens (primary N) is 1. The van der Waals surface area contributed by atoms with Crippen molar-refractivity contribution in [3.05, 3.63) is 12.7 Å². The zero-order valence-electron chi connectivity index (χ0n) is 9.83. The number of carbonyl (C=O) groups excluding carboxylic acids is 1. The van der Waals surface area contributed by atoms with E-state index in [-0.39, 0.29) is 5.91 Å². The van der Waals surface area contributed by atoms with Crippen LogP contribution in [-0.2, 0) is 4.79 Å². The average molecular weight is 210 g/mol. The van der Waals surface area contributed by atoms with Gasteiger partial charge in [0.25, 0.3) is 0 Å². The van der Waals surface area contributed by atoms with E-state index in [9.17, 15) is 4.79 Å². The Balaban J connectivity index is 2.72. The third kappa shape index (κ3) is 3.06. The second kappa shape index (κ2) is 4.79. The number of rotatable bonds is 4. The first-order valence-electron chi connectivity index (χ1n) is 5.67. The van der Waals surface area contributed by atoms with Crippen LogP contribution in [0.15, 0.2) is 12.7 Å². The molecule has 0 heterocycles. The van der Waals surface area contributed by atoms with Crippen molar-refractivity contribution < 1.29 is 4.79 Å². The van der Waals surface area contributed by atoms with Crippen molar-refractivity contribution in [3.63, 3.8) is 0 Å². The molecule has 0 aliphatic heterocycles. The summed E-state index contributed by atoms with van der Waals surface area (Å²) >= 11 is 0. The standard InChI is InChI=1S/C12H22N2O/c1-4-9-14(10-7-5-6-8-10)11(15)12(2,3)13/h4,10H,1,5-9,13H2,2-3H3. The molecule has 0 aromatic carbocycles. The summed E-state index contributed by atoms with van der Waals surface area (Å²) in [6.45, 7) is 7.85. The first-order chi connectivity index (χ1) is 6.96. The van der Waals surface area contributed by atoms with Gasteiger partial charge in [-0.15, -0.1) is 6.58 Å². The molecule has 0 bridgehead atoms. The maximum atomic E-state index is 12.1. The fraction of sp³-hybridized carbons (Fsp3) is 0.750. The second-order valence-electron chi connectivity index (χ2n) is 4.91. The maximum Gasteiger partial charge on any atom is 0.242 e.